The number of fused-ring (bicyclic) bond motifs is 1. The van der Waals surface area contributed by atoms with Gasteiger partial charge in [0.15, 0.2) is 0 Å². The Labute approximate surface area is 284 Å². The molecule has 1 aliphatic heterocycles. The highest BCUT2D eigenvalue weighted by Crippen LogP contribution is 2.30. The van der Waals surface area contributed by atoms with E-state index in [1.807, 2.05) is 52.0 Å². The molecule has 3 rings (SSSR count). The minimum Gasteiger partial charge on any atom is -0.380 e. The fourth-order valence-corrected chi connectivity index (χ4v) is 6.51. The van der Waals surface area contributed by atoms with Crippen LogP contribution in [0, 0.1) is 11.3 Å². The number of carbonyl (C=O) groups excluding carboxylic acids is 6. The van der Waals surface area contributed by atoms with Gasteiger partial charge in [-0.3, -0.25) is 28.8 Å². The summed E-state index contributed by atoms with van der Waals surface area (Å²) in [7, 11) is 0. The zero-order valence-corrected chi connectivity index (χ0v) is 28.9. The average molecular weight is 667 g/mol. The van der Waals surface area contributed by atoms with Gasteiger partial charge in [0.25, 0.3) is 5.91 Å². The maximum absolute atomic E-state index is 14.2. The minimum absolute atomic E-state index is 0.0807. The van der Waals surface area contributed by atoms with Gasteiger partial charge in [-0.25, -0.2) is 0 Å². The van der Waals surface area contributed by atoms with Crippen LogP contribution in [0.1, 0.15) is 96.6 Å². The van der Waals surface area contributed by atoms with E-state index in [1.54, 1.807) is 4.90 Å². The molecule has 0 spiro atoms. The molecular formula is C36H54N6O6. The lowest BCUT2D eigenvalue weighted by molar-refractivity contribution is -0.146. The Bertz CT molecular complexity index is 1330. The van der Waals surface area contributed by atoms with Crippen LogP contribution >= 0.6 is 0 Å². The third kappa shape index (κ3) is 10.9. The summed E-state index contributed by atoms with van der Waals surface area (Å²) >= 11 is 0. The maximum Gasteiger partial charge on any atom is 0.290 e. The molecule has 1 fully saturated rings. The number of amides is 5. The average Bonchev–Trinajstić information content (AvgIpc) is 3.06. The molecule has 1 aromatic carbocycles. The van der Waals surface area contributed by atoms with Crippen molar-refractivity contribution >= 4 is 35.3 Å². The van der Waals surface area contributed by atoms with E-state index in [4.69, 9.17) is 5.73 Å². The lowest BCUT2D eigenvalue weighted by atomic mass is 9.82. The second-order valence-electron chi connectivity index (χ2n) is 14.2. The second kappa shape index (κ2) is 17.8. The predicted octanol–water partition coefficient (Wildman–Crippen LogP) is 2.39. The van der Waals surface area contributed by atoms with Crippen molar-refractivity contribution in [2.75, 3.05) is 6.54 Å². The second-order valence-corrected chi connectivity index (χ2v) is 14.2. The first-order valence-corrected chi connectivity index (χ1v) is 17.2. The summed E-state index contributed by atoms with van der Waals surface area (Å²) in [5.74, 6) is -3.92. The topological polar surface area (TPSA) is 180 Å². The molecule has 0 saturated heterocycles. The van der Waals surface area contributed by atoms with Crippen molar-refractivity contribution in [3.8, 4) is 0 Å². The molecule has 6 N–H and O–H groups in total. The summed E-state index contributed by atoms with van der Waals surface area (Å²) in [6.45, 7) is 11.3. The minimum atomic E-state index is -1.16. The number of nitrogens with one attached hydrogen (secondary N) is 4. The van der Waals surface area contributed by atoms with Crippen LogP contribution < -0.4 is 27.0 Å². The largest absolute Gasteiger partial charge is 0.380 e. The van der Waals surface area contributed by atoms with Gasteiger partial charge in [-0.2, -0.15) is 0 Å². The van der Waals surface area contributed by atoms with Crippen LogP contribution in [-0.2, 0) is 41.7 Å². The van der Waals surface area contributed by atoms with Gasteiger partial charge in [0.05, 0.1) is 12.6 Å². The van der Waals surface area contributed by atoms with Gasteiger partial charge in [-0.1, -0.05) is 84.2 Å². The van der Waals surface area contributed by atoms with Crippen LogP contribution in [0.2, 0.25) is 0 Å². The number of rotatable bonds is 16. The van der Waals surface area contributed by atoms with Gasteiger partial charge in [0.1, 0.15) is 18.1 Å². The van der Waals surface area contributed by atoms with Crippen molar-refractivity contribution < 1.29 is 28.8 Å². The summed E-state index contributed by atoms with van der Waals surface area (Å²) in [6.07, 6.45) is 8.42. The van der Waals surface area contributed by atoms with Crippen LogP contribution in [0.15, 0.2) is 37.0 Å². The van der Waals surface area contributed by atoms with E-state index in [-0.39, 0.29) is 36.6 Å². The predicted molar refractivity (Wildman–Crippen MR) is 183 cm³/mol. The highest BCUT2D eigenvalue weighted by Gasteiger charge is 2.41. The zero-order valence-electron chi connectivity index (χ0n) is 28.9. The number of benzene rings is 1. The van der Waals surface area contributed by atoms with Crippen LogP contribution in [0.4, 0.5) is 0 Å². The highest BCUT2D eigenvalue weighted by molar-refractivity contribution is 6.38. The van der Waals surface area contributed by atoms with Gasteiger partial charge in [-0.05, 0) is 60.8 Å². The molecule has 4 unspecified atom stereocenters. The van der Waals surface area contributed by atoms with Crippen molar-refractivity contribution in [3.63, 3.8) is 0 Å². The summed E-state index contributed by atoms with van der Waals surface area (Å²) in [6, 6.07) is 4.15. The molecule has 12 heteroatoms. The fourth-order valence-electron chi connectivity index (χ4n) is 6.51. The highest BCUT2D eigenvalue weighted by atomic mass is 16.2. The Morgan fingerprint density at radius 2 is 1.65 bits per heavy atom. The Morgan fingerprint density at radius 1 is 0.979 bits per heavy atom. The molecule has 5 amide bonds. The monoisotopic (exact) mass is 666 g/mol. The van der Waals surface area contributed by atoms with Crippen molar-refractivity contribution in [3.05, 3.63) is 48.2 Å². The van der Waals surface area contributed by atoms with Gasteiger partial charge < -0.3 is 31.9 Å². The van der Waals surface area contributed by atoms with Gasteiger partial charge in [-0.15, -0.1) is 0 Å². The molecule has 12 nitrogen and oxygen atoms in total. The van der Waals surface area contributed by atoms with E-state index in [0.29, 0.717) is 19.3 Å². The number of hydrogen-bond donors (Lipinski definition) is 5. The van der Waals surface area contributed by atoms with Crippen LogP contribution in [0.3, 0.4) is 0 Å². The SMILES string of the molecule is C=CNC(C(=O)N1Cc2ccccc2CC1C(=O)NC(CCC)C(=O)C(=O)NCC(=O)NC(CCC(C)(C)C)C(N)=O)C1CCCCC1. The Balaban J connectivity index is 1.72. The van der Waals surface area contributed by atoms with E-state index < -0.39 is 60.1 Å². The number of ketones is 1. The molecule has 0 radical (unpaired) electrons. The van der Waals surface area contributed by atoms with Crippen molar-refractivity contribution in [2.24, 2.45) is 17.1 Å². The molecule has 1 heterocycles. The molecule has 0 bridgehead atoms. The third-order valence-corrected chi connectivity index (χ3v) is 9.22. The van der Waals surface area contributed by atoms with Crippen LogP contribution in [0.25, 0.3) is 0 Å². The Morgan fingerprint density at radius 3 is 2.25 bits per heavy atom. The molecular weight excluding hydrogens is 612 g/mol. The molecule has 4 atom stereocenters. The van der Waals surface area contributed by atoms with Crippen LogP contribution in [-0.4, -0.2) is 70.9 Å². The van der Waals surface area contributed by atoms with Crippen molar-refractivity contribution in [2.45, 2.75) is 123 Å². The summed E-state index contributed by atoms with van der Waals surface area (Å²) < 4.78 is 0. The lowest BCUT2D eigenvalue weighted by Gasteiger charge is -2.40. The summed E-state index contributed by atoms with van der Waals surface area (Å²) in [5, 5.41) is 10.7. The number of nitrogens with zero attached hydrogens (tertiary/aromatic N) is 1. The number of hydrogen-bond acceptors (Lipinski definition) is 7. The van der Waals surface area contributed by atoms with E-state index in [0.717, 1.165) is 43.2 Å². The Hall–Kier alpha value is -4.22. The number of primary amides is 1. The van der Waals surface area contributed by atoms with Crippen LogP contribution in [0.5, 0.6) is 0 Å². The molecule has 0 aromatic heterocycles. The molecule has 1 saturated carbocycles. The summed E-state index contributed by atoms with van der Waals surface area (Å²) in [5.41, 5.74) is 7.26. The van der Waals surface area contributed by atoms with E-state index in [9.17, 15) is 28.8 Å². The van der Waals surface area contributed by atoms with Crippen molar-refractivity contribution in [1.82, 2.24) is 26.2 Å². The molecule has 1 aromatic rings. The molecule has 2 aliphatic rings. The van der Waals surface area contributed by atoms with Crippen molar-refractivity contribution in [1.29, 1.82) is 0 Å². The zero-order chi connectivity index (χ0) is 35.4. The van der Waals surface area contributed by atoms with E-state index in [1.165, 1.54) is 6.20 Å². The Kier molecular flexibility index (Phi) is 14.2. The van der Waals surface area contributed by atoms with E-state index in [2.05, 4.69) is 27.8 Å². The molecule has 1 aliphatic carbocycles. The van der Waals surface area contributed by atoms with E-state index >= 15 is 0 Å². The standard InChI is InChI=1S/C36H54N6O6/c1-6-13-26(31(44)34(47)39-21-29(43)40-27(32(37)45)18-19-36(3,4)5)41-33(46)28-20-24-16-11-12-17-25(24)22-42(28)35(48)30(38-7-2)23-14-9-8-10-15-23/h7,11-12,16-17,23,26-28,30,38H,2,6,8-10,13-15,18-22H2,1,3-5H3,(H2,37,45)(H,39,47)(H,40,43)(H,41,46). The van der Waals surface area contributed by atoms with Gasteiger partial charge in [0, 0.05) is 13.0 Å². The third-order valence-electron chi connectivity index (χ3n) is 9.22. The smallest absolute Gasteiger partial charge is 0.290 e. The quantitative estimate of drug-likeness (QED) is 0.168. The first kappa shape index (κ1) is 38.2. The first-order chi connectivity index (χ1) is 22.7. The maximum atomic E-state index is 14.2. The van der Waals surface area contributed by atoms with Gasteiger partial charge in [0.2, 0.25) is 29.4 Å². The number of nitrogens with two attached hydrogens (primary N) is 1. The number of carbonyl (C=O) groups is 6. The molecule has 264 valence electrons. The summed E-state index contributed by atoms with van der Waals surface area (Å²) in [4.78, 5) is 80.3. The fraction of sp³-hybridized carbons (Fsp3) is 0.611. The first-order valence-electron chi connectivity index (χ1n) is 17.2. The lowest BCUT2D eigenvalue weighted by Crippen LogP contribution is -2.60. The van der Waals surface area contributed by atoms with Gasteiger partial charge >= 0.3 is 0 Å². The normalized spacial score (nSPS) is 18.3. The number of Topliss-reactive ketones (excluding diaryl/α,β-unsaturated/α-hetero) is 1. The molecule has 48 heavy (non-hydrogen) atoms.